The predicted molar refractivity (Wildman–Crippen MR) is 118 cm³/mol. The summed E-state index contributed by atoms with van der Waals surface area (Å²) < 4.78 is 14.1. The van der Waals surface area contributed by atoms with Gasteiger partial charge in [-0.2, -0.15) is 4.68 Å². The molecule has 0 fully saturated rings. The van der Waals surface area contributed by atoms with Crippen LogP contribution in [-0.4, -0.2) is 32.8 Å². The molecule has 1 atom stereocenters. The van der Waals surface area contributed by atoms with Crippen molar-refractivity contribution in [2.24, 2.45) is 0 Å². The van der Waals surface area contributed by atoms with Crippen molar-refractivity contribution in [3.8, 4) is 5.75 Å². The number of ether oxygens (including phenoxy) is 2. The van der Waals surface area contributed by atoms with Crippen molar-refractivity contribution < 1.29 is 14.3 Å². The van der Waals surface area contributed by atoms with Gasteiger partial charge in [0.2, 0.25) is 5.95 Å². The molecule has 0 saturated carbocycles. The van der Waals surface area contributed by atoms with Crippen LogP contribution in [0.5, 0.6) is 5.75 Å². The van der Waals surface area contributed by atoms with E-state index in [1.54, 1.807) is 4.68 Å². The Balaban J connectivity index is 1.73. The molecule has 160 valence electrons. The number of carbonyl (C=O) groups excluding carboxylic acids is 1. The average molecular weight is 484 g/mol. The number of benzene rings is 2. The molecule has 0 radical (unpaired) electrons. The number of nitrogens with one attached hydrogen (secondary N) is 1. The molecule has 3 aromatic rings. The van der Waals surface area contributed by atoms with Gasteiger partial charge in [0.05, 0.1) is 12.2 Å². The number of esters is 1. The monoisotopic (exact) mass is 483 g/mol. The number of hydrogen-bond acceptors (Lipinski definition) is 7. The number of nitrogens with zero attached hydrogens (tertiary/aromatic N) is 4. The SMILES string of the molecule is CCCOc1ccc(Br)cc1[C@@H]1C(C(=O)OCc2ccccc2)=C(C)Nc2nnnn21. The van der Waals surface area contributed by atoms with Gasteiger partial charge in [0, 0.05) is 15.7 Å². The van der Waals surface area contributed by atoms with E-state index in [1.165, 1.54) is 0 Å². The number of halogens is 1. The van der Waals surface area contributed by atoms with Gasteiger partial charge in [-0.15, -0.1) is 0 Å². The number of allylic oxidation sites excluding steroid dienone is 1. The fourth-order valence-electron chi connectivity index (χ4n) is 3.44. The number of carbonyl (C=O) groups is 1. The van der Waals surface area contributed by atoms with E-state index < -0.39 is 12.0 Å². The van der Waals surface area contributed by atoms with Crippen molar-refractivity contribution in [3.05, 3.63) is 75.4 Å². The molecule has 0 unspecified atom stereocenters. The fourth-order valence-corrected chi connectivity index (χ4v) is 3.82. The lowest BCUT2D eigenvalue weighted by Crippen LogP contribution is -2.30. The first-order chi connectivity index (χ1) is 15.1. The maximum atomic E-state index is 13.3. The zero-order chi connectivity index (χ0) is 21.8. The summed E-state index contributed by atoms with van der Waals surface area (Å²) in [6.45, 7) is 4.58. The molecule has 2 heterocycles. The standard InChI is InChI=1S/C22H22BrN5O3/c1-3-11-30-18-10-9-16(23)12-17(18)20-19(14(2)24-22-25-26-27-28(20)22)21(29)31-13-15-7-5-4-6-8-15/h4-10,12,20H,3,11,13H2,1-2H3,(H,24,25,27)/t20-/m1/s1. The van der Waals surface area contributed by atoms with Gasteiger partial charge in [0.1, 0.15) is 18.4 Å². The number of fused-ring (bicyclic) bond motifs is 1. The summed E-state index contributed by atoms with van der Waals surface area (Å²) >= 11 is 3.53. The minimum Gasteiger partial charge on any atom is -0.493 e. The van der Waals surface area contributed by atoms with Gasteiger partial charge >= 0.3 is 5.97 Å². The van der Waals surface area contributed by atoms with E-state index >= 15 is 0 Å². The molecule has 1 aromatic heterocycles. The van der Waals surface area contributed by atoms with Gasteiger partial charge in [0.15, 0.2) is 0 Å². The van der Waals surface area contributed by atoms with Gasteiger partial charge in [-0.05, 0) is 47.5 Å². The van der Waals surface area contributed by atoms with Gasteiger partial charge in [-0.25, -0.2) is 4.79 Å². The Labute approximate surface area is 188 Å². The van der Waals surface area contributed by atoms with E-state index in [0.29, 0.717) is 29.6 Å². The maximum absolute atomic E-state index is 13.3. The number of hydrogen-bond donors (Lipinski definition) is 1. The molecule has 0 bridgehead atoms. The lowest BCUT2D eigenvalue weighted by atomic mass is 9.95. The van der Waals surface area contributed by atoms with Crippen molar-refractivity contribution in [1.82, 2.24) is 20.2 Å². The highest BCUT2D eigenvalue weighted by Crippen LogP contribution is 2.40. The van der Waals surface area contributed by atoms with E-state index in [-0.39, 0.29) is 6.61 Å². The highest BCUT2D eigenvalue weighted by atomic mass is 79.9. The van der Waals surface area contributed by atoms with E-state index in [0.717, 1.165) is 22.0 Å². The molecule has 1 aliphatic rings. The van der Waals surface area contributed by atoms with Crippen LogP contribution in [0.15, 0.2) is 64.3 Å². The van der Waals surface area contributed by atoms with E-state index in [2.05, 4.69) is 36.8 Å². The van der Waals surface area contributed by atoms with Crippen LogP contribution in [0.4, 0.5) is 5.95 Å². The van der Waals surface area contributed by atoms with Gasteiger partial charge in [-0.1, -0.05) is 58.3 Å². The Morgan fingerprint density at radius 1 is 1.23 bits per heavy atom. The third-order valence-electron chi connectivity index (χ3n) is 4.87. The van der Waals surface area contributed by atoms with Crippen LogP contribution in [0.25, 0.3) is 0 Å². The minimum absolute atomic E-state index is 0.170. The molecule has 0 amide bonds. The molecular weight excluding hydrogens is 462 g/mol. The first-order valence-corrected chi connectivity index (χ1v) is 10.8. The third-order valence-corrected chi connectivity index (χ3v) is 5.37. The van der Waals surface area contributed by atoms with E-state index in [9.17, 15) is 4.79 Å². The second kappa shape index (κ2) is 9.30. The zero-order valence-corrected chi connectivity index (χ0v) is 18.8. The molecule has 1 aliphatic heterocycles. The summed E-state index contributed by atoms with van der Waals surface area (Å²) in [6, 6.07) is 14.7. The molecule has 4 rings (SSSR count). The first-order valence-electron chi connectivity index (χ1n) is 9.97. The normalized spacial score (nSPS) is 15.3. The van der Waals surface area contributed by atoms with Crippen molar-refractivity contribution in [2.45, 2.75) is 32.9 Å². The van der Waals surface area contributed by atoms with Crippen LogP contribution in [0.1, 0.15) is 37.4 Å². The van der Waals surface area contributed by atoms with Crippen LogP contribution in [0.2, 0.25) is 0 Å². The van der Waals surface area contributed by atoms with Crippen LogP contribution < -0.4 is 10.1 Å². The first kappa shape index (κ1) is 21.0. The fraction of sp³-hybridized carbons (Fsp3) is 0.273. The highest BCUT2D eigenvalue weighted by molar-refractivity contribution is 9.10. The van der Waals surface area contributed by atoms with E-state index in [4.69, 9.17) is 9.47 Å². The molecule has 0 aliphatic carbocycles. The number of rotatable bonds is 7. The van der Waals surface area contributed by atoms with Crippen LogP contribution in [0, 0.1) is 0 Å². The average Bonchev–Trinajstić information content (AvgIpc) is 3.24. The molecule has 1 N–H and O–H groups in total. The second-order valence-electron chi connectivity index (χ2n) is 7.11. The van der Waals surface area contributed by atoms with Crippen molar-refractivity contribution in [1.29, 1.82) is 0 Å². The van der Waals surface area contributed by atoms with Gasteiger partial charge in [-0.3, -0.25) is 0 Å². The van der Waals surface area contributed by atoms with Gasteiger partial charge < -0.3 is 14.8 Å². The number of aromatic nitrogens is 4. The Morgan fingerprint density at radius 3 is 2.81 bits per heavy atom. The maximum Gasteiger partial charge on any atom is 0.338 e. The number of tetrazole rings is 1. The molecule has 8 nitrogen and oxygen atoms in total. The summed E-state index contributed by atoms with van der Waals surface area (Å²) in [6.07, 6.45) is 0.860. The Morgan fingerprint density at radius 2 is 2.03 bits per heavy atom. The van der Waals surface area contributed by atoms with Crippen LogP contribution in [-0.2, 0) is 16.1 Å². The molecule has 9 heteroatoms. The summed E-state index contributed by atoms with van der Waals surface area (Å²) in [5.41, 5.74) is 2.73. The van der Waals surface area contributed by atoms with Crippen LogP contribution >= 0.6 is 15.9 Å². The van der Waals surface area contributed by atoms with Crippen LogP contribution in [0.3, 0.4) is 0 Å². The smallest absolute Gasteiger partial charge is 0.338 e. The summed E-state index contributed by atoms with van der Waals surface area (Å²) in [5, 5.41) is 15.1. The largest absolute Gasteiger partial charge is 0.493 e. The summed E-state index contributed by atoms with van der Waals surface area (Å²) in [7, 11) is 0. The minimum atomic E-state index is -0.598. The second-order valence-corrected chi connectivity index (χ2v) is 8.02. The molecule has 0 saturated heterocycles. The number of anilines is 1. The zero-order valence-electron chi connectivity index (χ0n) is 17.2. The summed E-state index contributed by atoms with van der Waals surface area (Å²) in [5.74, 6) is 0.671. The molecule has 0 spiro atoms. The quantitative estimate of drug-likeness (QED) is 0.502. The Bertz CT molecular complexity index is 1110. The topological polar surface area (TPSA) is 91.2 Å². The molecule has 31 heavy (non-hydrogen) atoms. The van der Waals surface area contributed by atoms with E-state index in [1.807, 2.05) is 62.4 Å². The Hall–Kier alpha value is -3.20. The Kier molecular flexibility index (Phi) is 6.31. The lowest BCUT2D eigenvalue weighted by Gasteiger charge is -2.28. The van der Waals surface area contributed by atoms with Crippen molar-refractivity contribution >= 4 is 27.8 Å². The molecular formula is C22H22BrN5O3. The van der Waals surface area contributed by atoms with Crippen molar-refractivity contribution in [3.63, 3.8) is 0 Å². The van der Waals surface area contributed by atoms with Crippen molar-refractivity contribution in [2.75, 3.05) is 11.9 Å². The highest BCUT2D eigenvalue weighted by Gasteiger charge is 2.36. The molecule has 2 aromatic carbocycles. The predicted octanol–water partition coefficient (Wildman–Crippen LogP) is 4.26. The van der Waals surface area contributed by atoms with Gasteiger partial charge in [0.25, 0.3) is 0 Å². The lowest BCUT2D eigenvalue weighted by molar-refractivity contribution is -0.140. The third kappa shape index (κ3) is 4.46. The summed E-state index contributed by atoms with van der Waals surface area (Å²) in [4.78, 5) is 13.3.